The summed E-state index contributed by atoms with van der Waals surface area (Å²) in [7, 11) is 0. The van der Waals surface area contributed by atoms with Crippen LogP contribution < -0.4 is 11.1 Å². The van der Waals surface area contributed by atoms with Crippen LogP contribution in [0.25, 0.3) is 0 Å². The molecule has 2 aromatic rings. The van der Waals surface area contributed by atoms with Crippen molar-refractivity contribution >= 4 is 11.4 Å². The van der Waals surface area contributed by atoms with E-state index in [9.17, 15) is 0 Å². The molecule has 0 aromatic heterocycles. The molecule has 0 aliphatic rings. The molecule has 3 N–H and O–H groups in total. The molecular formula is C16H20N2. The van der Waals surface area contributed by atoms with Crippen LogP contribution in [0.1, 0.15) is 23.6 Å². The number of hydrogen-bond acceptors (Lipinski definition) is 2. The summed E-state index contributed by atoms with van der Waals surface area (Å²) >= 11 is 0. The van der Waals surface area contributed by atoms with Gasteiger partial charge >= 0.3 is 0 Å². The lowest BCUT2D eigenvalue weighted by Gasteiger charge is -2.14. The van der Waals surface area contributed by atoms with Crippen LogP contribution in [-0.4, -0.2) is 0 Å². The first-order chi connectivity index (χ1) is 8.70. The first-order valence-electron chi connectivity index (χ1n) is 6.37. The van der Waals surface area contributed by atoms with E-state index in [1.807, 2.05) is 18.2 Å². The minimum Gasteiger partial charge on any atom is -0.399 e. The van der Waals surface area contributed by atoms with Crippen LogP contribution in [0.3, 0.4) is 0 Å². The molecule has 0 bridgehead atoms. The predicted molar refractivity (Wildman–Crippen MR) is 78.7 cm³/mol. The summed E-state index contributed by atoms with van der Waals surface area (Å²) in [5.41, 5.74) is 11.7. The van der Waals surface area contributed by atoms with Crippen LogP contribution in [0, 0.1) is 6.92 Å². The highest BCUT2D eigenvalue weighted by Gasteiger charge is 2.03. The van der Waals surface area contributed by atoms with E-state index < -0.39 is 0 Å². The smallest absolute Gasteiger partial charge is 0.0404 e. The number of benzene rings is 2. The lowest BCUT2D eigenvalue weighted by Crippen LogP contribution is -2.04. The van der Waals surface area contributed by atoms with Gasteiger partial charge in [-0.2, -0.15) is 0 Å². The summed E-state index contributed by atoms with van der Waals surface area (Å²) in [6.45, 7) is 5.13. The minimum absolute atomic E-state index is 0.808. The van der Waals surface area contributed by atoms with Crippen molar-refractivity contribution in [2.75, 3.05) is 11.1 Å². The highest BCUT2D eigenvalue weighted by Crippen LogP contribution is 2.22. The SMILES string of the molecule is CCc1cccc(C)c1NCc1cccc(N)c1. The topological polar surface area (TPSA) is 38.0 Å². The molecule has 0 amide bonds. The lowest BCUT2D eigenvalue weighted by molar-refractivity contribution is 1.08. The van der Waals surface area contributed by atoms with Crippen LogP contribution in [0.4, 0.5) is 11.4 Å². The number of para-hydroxylation sites is 1. The Morgan fingerprint density at radius 1 is 1.11 bits per heavy atom. The summed E-state index contributed by atoms with van der Waals surface area (Å²) in [5, 5.41) is 3.52. The molecule has 94 valence electrons. The Bertz CT molecular complexity index is 532. The normalized spacial score (nSPS) is 10.3. The number of aryl methyl sites for hydroxylation is 2. The summed E-state index contributed by atoms with van der Waals surface area (Å²) in [4.78, 5) is 0. The van der Waals surface area contributed by atoms with Gasteiger partial charge in [-0.3, -0.25) is 0 Å². The third-order valence-corrected chi connectivity index (χ3v) is 3.16. The second-order valence-electron chi connectivity index (χ2n) is 4.56. The summed E-state index contributed by atoms with van der Waals surface area (Å²) < 4.78 is 0. The standard InChI is InChI=1S/C16H20N2/c1-3-14-8-4-6-12(2)16(14)18-11-13-7-5-9-15(17)10-13/h4-10,18H,3,11,17H2,1-2H3. The zero-order chi connectivity index (χ0) is 13.0. The monoisotopic (exact) mass is 240 g/mol. The fourth-order valence-corrected chi connectivity index (χ4v) is 2.17. The Balaban J connectivity index is 2.15. The predicted octanol–water partition coefficient (Wildman–Crippen LogP) is 3.75. The van der Waals surface area contributed by atoms with Gasteiger partial charge in [-0.15, -0.1) is 0 Å². The average molecular weight is 240 g/mol. The summed E-state index contributed by atoms with van der Waals surface area (Å²) in [6, 6.07) is 14.4. The fraction of sp³-hybridized carbons (Fsp3) is 0.250. The van der Waals surface area contributed by atoms with E-state index in [1.165, 1.54) is 22.4 Å². The van der Waals surface area contributed by atoms with E-state index in [0.717, 1.165) is 18.7 Å². The molecule has 0 aliphatic carbocycles. The first kappa shape index (κ1) is 12.5. The maximum Gasteiger partial charge on any atom is 0.0404 e. The van der Waals surface area contributed by atoms with E-state index >= 15 is 0 Å². The van der Waals surface area contributed by atoms with Crippen molar-refractivity contribution < 1.29 is 0 Å². The van der Waals surface area contributed by atoms with Gasteiger partial charge in [-0.05, 0) is 42.2 Å². The van der Waals surface area contributed by atoms with E-state index in [-0.39, 0.29) is 0 Å². The molecule has 2 nitrogen and oxygen atoms in total. The summed E-state index contributed by atoms with van der Waals surface area (Å²) in [5.74, 6) is 0. The largest absolute Gasteiger partial charge is 0.399 e. The minimum atomic E-state index is 0.808. The fourth-order valence-electron chi connectivity index (χ4n) is 2.17. The van der Waals surface area contributed by atoms with Gasteiger partial charge in [0.2, 0.25) is 0 Å². The molecule has 0 radical (unpaired) electrons. The number of hydrogen-bond donors (Lipinski definition) is 2. The zero-order valence-electron chi connectivity index (χ0n) is 11.0. The van der Waals surface area contributed by atoms with Crippen LogP contribution >= 0.6 is 0 Å². The van der Waals surface area contributed by atoms with Gasteiger partial charge in [0.05, 0.1) is 0 Å². The molecule has 0 fully saturated rings. The van der Waals surface area contributed by atoms with Crippen molar-refractivity contribution in [3.8, 4) is 0 Å². The number of rotatable bonds is 4. The van der Waals surface area contributed by atoms with Gasteiger partial charge in [-0.25, -0.2) is 0 Å². The number of anilines is 2. The molecule has 0 aliphatic heterocycles. The van der Waals surface area contributed by atoms with Crippen molar-refractivity contribution in [2.45, 2.75) is 26.8 Å². The second kappa shape index (κ2) is 5.58. The number of nitrogens with one attached hydrogen (secondary N) is 1. The number of nitrogens with two attached hydrogens (primary N) is 1. The van der Waals surface area contributed by atoms with E-state index in [2.05, 4.69) is 43.4 Å². The van der Waals surface area contributed by atoms with Crippen LogP contribution in [-0.2, 0) is 13.0 Å². The van der Waals surface area contributed by atoms with Crippen molar-refractivity contribution in [1.82, 2.24) is 0 Å². The molecule has 2 aromatic carbocycles. The van der Waals surface area contributed by atoms with E-state index in [4.69, 9.17) is 5.73 Å². The van der Waals surface area contributed by atoms with Crippen LogP contribution in [0.2, 0.25) is 0 Å². The quantitative estimate of drug-likeness (QED) is 0.799. The molecule has 0 unspecified atom stereocenters. The van der Waals surface area contributed by atoms with Gasteiger partial charge in [0.15, 0.2) is 0 Å². The first-order valence-corrected chi connectivity index (χ1v) is 6.37. The van der Waals surface area contributed by atoms with Gasteiger partial charge in [-0.1, -0.05) is 37.3 Å². The molecule has 2 heteroatoms. The van der Waals surface area contributed by atoms with E-state index in [0.29, 0.717) is 0 Å². The molecule has 0 atom stereocenters. The molecular weight excluding hydrogens is 220 g/mol. The van der Waals surface area contributed by atoms with E-state index in [1.54, 1.807) is 0 Å². The average Bonchev–Trinajstić information content (AvgIpc) is 2.37. The maximum atomic E-state index is 5.79. The maximum absolute atomic E-state index is 5.79. The Morgan fingerprint density at radius 3 is 2.61 bits per heavy atom. The van der Waals surface area contributed by atoms with Crippen molar-refractivity contribution in [1.29, 1.82) is 0 Å². The highest BCUT2D eigenvalue weighted by atomic mass is 14.9. The Hall–Kier alpha value is -1.96. The Morgan fingerprint density at radius 2 is 1.89 bits per heavy atom. The second-order valence-corrected chi connectivity index (χ2v) is 4.56. The van der Waals surface area contributed by atoms with Gasteiger partial charge in [0.1, 0.15) is 0 Å². The third-order valence-electron chi connectivity index (χ3n) is 3.16. The van der Waals surface area contributed by atoms with Gasteiger partial charge in [0, 0.05) is 17.9 Å². The zero-order valence-corrected chi connectivity index (χ0v) is 11.0. The summed E-state index contributed by atoms with van der Waals surface area (Å²) in [6.07, 6.45) is 1.04. The van der Waals surface area contributed by atoms with Crippen molar-refractivity contribution in [3.05, 3.63) is 59.2 Å². The van der Waals surface area contributed by atoms with Crippen LogP contribution in [0.5, 0.6) is 0 Å². The lowest BCUT2D eigenvalue weighted by atomic mass is 10.1. The highest BCUT2D eigenvalue weighted by molar-refractivity contribution is 5.57. The van der Waals surface area contributed by atoms with Crippen molar-refractivity contribution in [2.24, 2.45) is 0 Å². The van der Waals surface area contributed by atoms with Crippen LogP contribution in [0.15, 0.2) is 42.5 Å². The third kappa shape index (κ3) is 2.83. The molecule has 0 spiro atoms. The molecule has 0 saturated carbocycles. The van der Waals surface area contributed by atoms with Gasteiger partial charge in [0.25, 0.3) is 0 Å². The Labute approximate surface area is 109 Å². The molecule has 2 rings (SSSR count). The molecule has 0 heterocycles. The van der Waals surface area contributed by atoms with Crippen molar-refractivity contribution in [3.63, 3.8) is 0 Å². The number of nitrogen functional groups attached to an aromatic ring is 1. The molecule has 18 heavy (non-hydrogen) atoms. The Kier molecular flexibility index (Phi) is 3.88. The molecule has 0 saturated heterocycles. The van der Waals surface area contributed by atoms with Gasteiger partial charge < -0.3 is 11.1 Å².